The van der Waals surface area contributed by atoms with Gasteiger partial charge in [0.05, 0.1) is 32.4 Å². The van der Waals surface area contributed by atoms with Crippen LogP contribution in [0.15, 0.2) is 89.0 Å². The third-order valence-corrected chi connectivity index (χ3v) is 6.85. The topological polar surface area (TPSA) is 181 Å². The summed E-state index contributed by atoms with van der Waals surface area (Å²) in [4.78, 5) is 22.0. The molecule has 220 valence electrons. The van der Waals surface area contributed by atoms with E-state index in [2.05, 4.69) is 20.9 Å². The number of aliphatic imine (C=N–C) groups is 1. The lowest BCUT2D eigenvalue weighted by molar-refractivity contribution is -0.130. The smallest absolute Gasteiger partial charge is 0.266 e. The molecule has 0 unspecified atom stereocenters. The fraction of sp³-hybridized carbons (Fsp3) is 0.333. The van der Waals surface area contributed by atoms with Crippen LogP contribution in [0.3, 0.4) is 0 Å². The maximum Gasteiger partial charge on any atom is 0.266 e. The number of aliphatic hydroxyl groups is 3. The lowest BCUT2D eigenvalue weighted by atomic mass is 9.81. The van der Waals surface area contributed by atoms with Gasteiger partial charge in [-0.05, 0) is 46.5 Å². The van der Waals surface area contributed by atoms with Crippen molar-refractivity contribution in [3.05, 3.63) is 112 Å². The molecule has 4 rings (SSSR count). The Morgan fingerprint density at radius 1 is 1.02 bits per heavy atom. The summed E-state index contributed by atoms with van der Waals surface area (Å²) in [5, 5.41) is 31.8. The zero-order valence-corrected chi connectivity index (χ0v) is 23.0. The molecule has 3 aromatic carbocycles. The largest absolute Gasteiger partial charge is 0.494 e. The molecule has 1 aliphatic rings. The zero-order chi connectivity index (χ0) is 29.8. The van der Waals surface area contributed by atoms with Gasteiger partial charge in [0.25, 0.3) is 5.91 Å². The lowest BCUT2D eigenvalue weighted by Gasteiger charge is -2.32. The predicted molar refractivity (Wildman–Crippen MR) is 155 cm³/mol. The molecule has 1 aliphatic heterocycles. The minimum Gasteiger partial charge on any atom is -0.494 e. The lowest BCUT2D eigenvalue weighted by Crippen LogP contribution is -2.57. The fourth-order valence-electron chi connectivity index (χ4n) is 4.62. The number of rotatable bonds is 15. The van der Waals surface area contributed by atoms with Gasteiger partial charge in [0.1, 0.15) is 5.75 Å². The van der Waals surface area contributed by atoms with Crippen LogP contribution in [0.5, 0.6) is 5.75 Å². The number of hydrogen-bond donors (Lipinski definition) is 5. The number of hydrogen-bond acceptors (Lipinski definition) is 9. The monoisotopic (exact) mass is 574 g/mol. The van der Waals surface area contributed by atoms with E-state index in [1.54, 1.807) is 24.3 Å². The molecule has 0 spiro atoms. The van der Waals surface area contributed by atoms with Crippen LogP contribution in [-0.2, 0) is 22.5 Å². The second-order valence-corrected chi connectivity index (χ2v) is 9.69. The molecule has 0 radical (unpaired) electrons. The Hall–Kier alpha value is -4.45. The van der Waals surface area contributed by atoms with E-state index in [1.165, 1.54) is 0 Å². The number of azide groups is 1. The van der Waals surface area contributed by atoms with Crippen molar-refractivity contribution in [2.75, 3.05) is 26.4 Å². The molecule has 3 aromatic rings. The average molecular weight is 575 g/mol. The molecule has 12 heteroatoms. The van der Waals surface area contributed by atoms with E-state index < -0.39 is 36.8 Å². The Morgan fingerprint density at radius 2 is 1.71 bits per heavy atom. The Bertz CT molecular complexity index is 1390. The van der Waals surface area contributed by atoms with Gasteiger partial charge in [-0.2, -0.15) is 0 Å². The SMILES string of the molecule is [N-]=[N+]=NCc1ccccc1C[C@]1(C(=O)NNC(CO)CO)N=C(c2ccc(OCCCO)cc2)O[C@H]1c1ccccc1. The molecule has 0 aromatic heterocycles. The molecule has 2 atom stereocenters. The van der Waals surface area contributed by atoms with Gasteiger partial charge >= 0.3 is 0 Å². The van der Waals surface area contributed by atoms with Crippen molar-refractivity contribution in [1.82, 2.24) is 10.9 Å². The number of carbonyl (C=O) groups is 1. The number of nitrogens with one attached hydrogen (secondary N) is 2. The van der Waals surface area contributed by atoms with Crippen molar-refractivity contribution in [3.63, 3.8) is 0 Å². The van der Waals surface area contributed by atoms with Crippen LogP contribution in [0.25, 0.3) is 10.4 Å². The molecule has 42 heavy (non-hydrogen) atoms. The number of hydrazine groups is 1. The maximum absolute atomic E-state index is 14.1. The molecule has 0 aliphatic carbocycles. The van der Waals surface area contributed by atoms with Crippen molar-refractivity contribution >= 4 is 11.8 Å². The number of aliphatic hydroxyl groups excluding tert-OH is 3. The highest BCUT2D eigenvalue weighted by Crippen LogP contribution is 2.43. The van der Waals surface area contributed by atoms with Crippen molar-refractivity contribution < 1.29 is 29.6 Å². The second kappa shape index (κ2) is 15.0. The minimum atomic E-state index is -1.54. The van der Waals surface area contributed by atoms with E-state index in [9.17, 15) is 15.0 Å². The molecular formula is C30H34N6O6. The highest BCUT2D eigenvalue weighted by atomic mass is 16.5. The van der Waals surface area contributed by atoms with Gasteiger partial charge in [0, 0.05) is 29.9 Å². The van der Waals surface area contributed by atoms with Gasteiger partial charge in [-0.1, -0.05) is 59.7 Å². The molecule has 0 fully saturated rings. The Kier molecular flexibility index (Phi) is 10.9. The first-order chi connectivity index (χ1) is 20.5. The van der Waals surface area contributed by atoms with Gasteiger partial charge in [-0.25, -0.2) is 10.4 Å². The third kappa shape index (κ3) is 7.24. The van der Waals surface area contributed by atoms with Crippen LogP contribution in [0.4, 0.5) is 0 Å². The number of ether oxygens (including phenoxy) is 2. The van der Waals surface area contributed by atoms with Crippen LogP contribution < -0.4 is 15.6 Å². The predicted octanol–water partition coefficient (Wildman–Crippen LogP) is 2.73. The highest BCUT2D eigenvalue weighted by molar-refractivity contribution is 6.01. The van der Waals surface area contributed by atoms with E-state index in [-0.39, 0.29) is 25.5 Å². The van der Waals surface area contributed by atoms with Crippen LogP contribution >= 0.6 is 0 Å². The van der Waals surface area contributed by atoms with Gasteiger partial charge in [0.2, 0.25) is 5.90 Å². The first-order valence-corrected chi connectivity index (χ1v) is 13.6. The van der Waals surface area contributed by atoms with Gasteiger partial charge in [0.15, 0.2) is 11.6 Å². The fourth-order valence-corrected chi connectivity index (χ4v) is 4.62. The van der Waals surface area contributed by atoms with E-state index in [0.29, 0.717) is 29.9 Å². The summed E-state index contributed by atoms with van der Waals surface area (Å²) in [6, 6.07) is 22.9. The molecule has 1 amide bonds. The average Bonchev–Trinajstić information content (AvgIpc) is 3.42. The summed E-state index contributed by atoms with van der Waals surface area (Å²) in [5.41, 5.74) is 15.5. The van der Waals surface area contributed by atoms with E-state index >= 15 is 0 Å². The summed E-state index contributed by atoms with van der Waals surface area (Å²) in [5.74, 6) is 0.319. The zero-order valence-electron chi connectivity index (χ0n) is 23.0. The third-order valence-electron chi connectivity index (χ3n) is 6.85. The Balaban J connectivity index is 1.79. The van der Waals surface area contributed by atoms with Crippen molar-refractivity contribution in [1.29, 1.82) is 0 Å². The van der Waals surface area contributed by atoms with E-state index in [4.69, 9.17) is 25.1 Å². The quantitative estimate of drug-likeness (QED) is 0.0608. The van der Waals surface area contributed by atoms with E-state index in [0.717, 1.165) is 11.1 Å². The Morgan fingerprint density at radius 3 is 2.38 bits per heavy atom. The number of amides is 1. The highest BCUT2D eigenvalue weighted by Gasteiger charge is 2.53. The van der Waals surface area contributed by atoms with Crippen molar-refractivity contribution in [3.8, 4) is 5.75 Å². The molecule has 1 heterocycles. The summed E-state index contributed by atoms with van der Waals surface area (Å²) < 4.78 is 12.1. The summed E-state index contributed by atoms with van der Waals surface area (Å²) >= 11 is 0. The molecule has 0 saturated heterocycles. The first kappa shape index (κ1) is 30.5. The van der Waals surface area contributed by atoms with Crippen LogP contribution in [-0.4, -0.2) is 65.1 Å². The number of nitrogens with zero attached hydrogens (tertiary/aromatic N) is 4. The first-order valence-electron chi connectivity index (χ1n) is 13.6. The van der Waals surface area contributed by atoms with Crippen molar-refractivity contribution in [2.24, 2.45) is 10.1 Å². The molecule has 0 saturated carbocycles. The summed E-state index contributed by atoms with van der Waals surface area (Å²) in [6.45, 7) is -0.314. The Labute approximate surface area is 243 Å². The molecule has 5 N–H and O–H groups in total. The van der Waals surface area contributed by atoms with Gasteiger partial charge in [-0.15, -0.1) is 0 Å². The normalized spacial score (nSPS) is 17.7. The van der Waals surface area contributed by atoms with Crippen LogP contribution in [0.1, 0.15) is 34.8 Å². The van der Waals surface area contributed by atoms with Gasteiger partial charge in [-0.3, -0.25) is 10.2 Å². The van der Waals surface area contributed by atoms with Crippen LogP contribution in [0.2, 0.25) is 0 Å². The summed E-state index contributed by atoms with van der Waals surface area (Å²) in [7, 11) is 0. The molecule has 12 nitrogen and oxygen atoms in total. The maximum atomic E-state index is 14.1. The van der Waals surface area contributed by atoms with E-state index in [1.807, 2.05) is 54.6 Å². The number of carbonyl (C=O) groups excluding carboxylic acids is 1. The number of benzene rings is 3. The summed E-state index contributed by atoms with van der Waals surface area (Å²) in [6.07, 6.45) is -0.257. The van der Waals surface area contributed by atoms with Crippen LogP contribution in [0, 0.1) is 0 Å². The second-order valence-electron chi connectivity index (χ2n) is 9.69. The minimum absolute atomic E-state index is 0.0337. The molecular weight excluding hydrogens is 540 g/mol. The van der Waals surface area contributed by atoms with Crippen molar-refractivity contribution in [2.45, 2.75) is 37.1 Å². The van der Waals surface area contributed by atoms with Gasteiger partial charge < -0.3 is 24.8 Å². The standard InChI is InChI=1S/C30H34N6O6/c31-36-32-18-24-10-5-4-9-23(24)17-30(29(40)35-34-25(19-38)20-39)27(21-7-2-1-3-8-21)42-28(33-30)22-11-13-26(14-12-22)41-16-6-15-37/h1-5,7-14,25,27,34,37-39H,6,15-20H2,(H,35,40)/t27-,30-/m0/s1. The molecule has 0 bridgehead atoms.